The highest BCUT2D eigenvalue weighted by atomic mass is 35.5. The molecule has 1 rings (SSSR count). The second-order valence-electron chi connectivity index (χ2n) is 3.55. The molecule has 0 heterocycles. The molecule has 4 N–H and O–H groups in total. The van der Waals surface area contributed by atoms with Crippen molar-refractivity contribution in [1.29, 1.82) is 0 Å². The van der Waals surface area contributed by atoms with Gasteiger partial charge in [-0.05, 0) is 12.1 Å². The van der Waals surface area contributed by atoms with Gasteiger partial charge in [0.05, 0.1) is 11.5 Å². The van der Waals surface area contributed by atoms with Crippen LogP contribution in [-0.4, -0.2) is 34.5 Å². The zero-order valence-electron chi connectivity index (χ0n) is 9.50. The lowest BCUT2D eigenvalue weighted by atomic mass is 10.1. The molecule has 19 heavy (non-hydrogen) atoms. The minimum Gasteiger partial charge on any atom is -0.381 e. The molecule has 0 saturated heterocycles. The van der Waals surface area contributed by atoms with Crippen LogP contribution < -0.4 is 11.1 Å². The van der Waals surface area contributed by atoms with Gasteiger partial charge in [0, 0.05) is 11.1 Å². The van der Waals surface area contributed by atoms with E-state index in [1.165, 1.54) is 6.07 Å². The molecule has 0 bridgehead atoms. The monoisotopic (exact) mass is 287 g/mol. The number of carbonyl (C=O) groups excluding carboxylic acids is 2. The molecule has 0 fully saturated rings. The van der Waals surface area contributed by atoms with Crippen molar-refractivity contribution in [3.8, 4) is 0 Å². The van der Waals surface area contributed by atoms with Gasteiger partial charge in [0.25, 0.3) is 11.6 Å². The maximum Gasteiger partial charge on any atom is 0.282 e. The standard InChI is InChI=1S/C10H10ClN3O5/c11-5-1-2-7(14(18)19)6(3-5)10(17)13-4-8(15)9(12)16/h1-3,8,15H,4H2,(H2,12,16)(H,13,17). The van der Waals surface area contributed by atoms with Crippen LogP contribution in [0.3, 0.4) is 0 Å². The highest BCUT2D eigenvalue weighted by Gasteiger charge is 2.21. The largest absolute Gasteiger partial charge is 0.381 e. The molecular weight excluding hydrogens is 278 g/mol. The summed E-state index contributed by atoms with van der Waals surface area (Å²) < 4.78 is 0. The second-order valence-corrected chi connectivity index (χ2v) is 3.98. The van der Waals surface area contributed by atoms with Crippen LogP contribution in [0.15, 0.2) is 18.2 Å². The fourth-order valence-electron chi connectivity index (χ4n) is 1.23. The number of carbonyl (C=O) groups is 2. The maximum absolute atomic E-state index is 11.7. The number of benzene rings is 1. The van der Waals surface area contributed by atoms with E-state index in [2.05, 4.69) is 5.32 Å². The lowest BCUT2D eigenvalue weighted by Gasteiger charge is -2.08. The summed E-state index contributed by atoms with van der Waals surface area (Å²) in [4.78, 5) is 32.3. The third-order valence-electron chi connectivity index (χ3n) is 2.18. The predicted octanol–water partition coefficient (Wildman–Crippen LogP) is -0.176. The van der Waals surface area contributed by atoms with E-state index in [4.69, 9.17) is 22.4 Å². The Morgan fingerprint density at radius 3 is 2.68 bits per heavy atom. The summed E-state index contributed by atoms with van der Waals surface area (Å²) in [6.45, 7) is -0.447. The summed E-state index contributed by atoms with van der Waals surface area (Å²) in [6, 6.07) is 3.47. The molecule has 1 aromatic rings. The smallest absolute Gasteiger partial charge is 0.282 e. The lowest BCUT2D eigenvalue weighted by Crippen LogP contribution is -2.40. The Balaban J connectivity index is 2.90. The summed E-state index contributed by atoms with van der Waals surface area (Å²) >= 11 is 5.65. The fourth-order valence-corrected chi connectivity index (χ4v) is 1.41. The minimum absolute atomic E-state index is 0.145. The minimum atomic E-state index is -1.57. The van der Waals surface area contributed by atoms with E-state index in [0.717, 1.165) is 12.1 Å². The number of hydrogen-bond acceptors (Lipinski definition) is 5. The average molecular weight is 288 g/mol. The first-order chi connectivity index (χ1) is 8.82. The maximum atomic E-state index is 11.7. The molecule has 0 saturated carbocycles. The SMILES string of the molecule is NC(=O)C(O)CNC(=O)c1cc(Cl)ccc1[N+](=O)[O-]. The molecule has 1 atom stereocenters. The Bertz CT molecular complexity index is 534. The lowest BCUT2D eigenvalue weighted by molar-refractivity contribution is -0.385. The molecule has 0 aliphatic carbocycles. The summed E-state index contributed by atoms with van der Waals surface area (Å²) in [6.07, 6.45) is -1.57. The normalized spacial score (nSPS) is 11.7. The van der Waals surface area contributed by atoms with Crippen LogP contribution >= 0.6 is 11.6 Å². The second kappa shape index (κ2) is 6.12. The fraction of sp³-hybridized carbons (Fsp3) is 0.200. The average Bonchev–Trinajstić information content (AvgIpc) is 2.34. The molecule has 0 spiro atoms. The first-order valence-electron chi connectivity index (χ1n) is 5.02. The van der Waals surface area contributed by atoms with Crippen molar-refractivity contribution in [2.75, 3.05) is 6.54 Å². The van der Waals surface area contributed by atoms with Crippen LogP contribution in [0, 0.1) is 10.1 Å². The Labute approximate surface area is 112 Å². The van der Waals surface area contributed by atoms with Crippen LogP contribution in [-0.2, 0) is 4.79 Å². The number of rotatable bonds is 5. The number of primary amides is 1. The Morgan fingerprint density at radius 1 is 1.53 bits per heavy atom. The topological polar surface area (TPSA) is 136 Å². The van der Waals surface area contributed by atoms with Crippen molar-refractivity contribution in [2.45, 2.75) is 6.10 Å². The number of aliphatic hydroxyl groups excluding tert-OH is 1. The van der Waals surface area contributed by atoms with Gasteiger partial charge in [0.1, 0.15) is 11.7 Å². The third kappa shape index (κ3) is 3.90. The summed E-state index contributed by atoms with van der Waals surface area (Å²) in [5, 5.41) is 22.1. The van der Waals surface area contributed by atoms with E-state index in [9.17, 15) is 19.7 Å². The van der Waals surface area contributed by atoms with Crippen molar-refractivity contribution in [2.24, 2.45) is 5.73 Å². The van der Waals surface area contributed by atoms with Crippen LogP contribution in [0.2, 0.25) is 5.02 Å². The van der Waals surface area contributed by atoms with Gasteiger partial charge >= 0.3 is 0 Å². The van der Waals surface area contributed by atoms with Crippen LogP contribution in [0.1, 0.15) is 10.4 Å². The summed E-state index contributed by atoms with van der Waals surface area (Å²) in [7, 11) is 0. The number of amides is 2. The van der Waals surface area contributed by atoms with Gasteiger partial charge in [0.15, 0.2) is 0 Å². The van der Waals surface area contributed by atoms with E-state index in [0.29, 0.717) is 0 Å². The van der Waals surface area contributed by atoms with Gasteiger partial charge in [-0.1, -0.05) is 11.6 Å². The molecule has 102 valence electrons. The first kappa shape index (κ1) is 14.9. The number of nitrogens with one attached hydrogen (secondary N) is 1. The summed E-state index contributed by atoms with van der Waals surface area (Å²) in [5.74, 6) is -1.85. The van der Waals surface area contributed by atoms with Crippen LogP contribution in [0.5, 0.6) is 0 Å². The van der Waals surface area contributed by atoms with Gasteiger partial charge in [-0.2, -0.15) is 0 Å². The van der Waals surface area contributed by atoms with E-state index < -0.39 is 35.1 Å². The Hall–Kier alpha value is -2.19. The van der Waals surface area contributed by atoms with Gasteiger partial charge in [0.2, 0.25) is 5.91 Å². The number of hydrogen-bond donors (Lipinski definition) is 3. The van der Waals surface area contributed by atoms with Crippen molar-refractivity contribution in [3.05, 3.63) is 38.9 Å². The molecule has 1 aromatic carbocycles. The molecule has 0 radical (unpaired) electrons. The van der Waals surface area contributed by atoms with Gasteiger partial charge < -0.3 is 16.2 Å². The molecule has 9 heteroatoms. The number of aliphatic hydroxyl groups is 1. The number of nitro groups is 1. The molecule has 0 aliphatic rings. The Morgan fingerprint density at radius 2 is 2.16 bits per heavy atom. The molecular formula is C10H10ClN3O5. The highest BCUT2D eigenvalue weighted by Crippen LogP contribution is 2.22. The van der Waals surface area contributed by atoms with E-state index >= 15 is 0 Å². The quantitative estimate of drug-likeness (QED) is 0.510. The molecule has 1 unspecified atom stereocenters. The van der Waals surface area contributed by atoms with Crippen LogP contribution in [0.25, 0.3) is 0 Å². The first-order valence-corrected chi connectivity index (χ1v) is 5.40. The third-order valence-corrected chi connectivity index (χ3v) is 2.42. The van der Waals surface area contributed by atoms with Crippen molar-refractivity contribution >= 4 is 29.1 Å². The van der Waals surface area contributed by atoms with Crippen molar-refractivity contribution < 1.29 is 19.6 Å². The van der Waals surface area contributed by atoms with Crippen molar-refractivity contribution in [1.82, 2.24) is 5.32 Å². The zero-order valence-corrected chi connectivity index (χ0v) is 10.3. The number of nitro benzene ring substituents is 1. The molecule has 0 aliphatic heterocycles. The Kier molecular flexibility index (Phi) is 4.79. The van der Waals surface area contributed by atoms with Gasteiger partial charge in [-0.3, -0.25) is 19.7 Å². The van der Waals surface area contributed by atoms with E-state index in [-0.39, 0.29) is 10.6 Å². The zero-order chi connectivity index (χ0) is 14.6. The number of nitrogens with zero attached hydrogens (tertiary/aromatic N) is 1. The highest BCUT2D eigenvalue weighted by molar-refractivity contribution is 6.31. The van der Waals surface area contributed by atoms with Crippen molar-refractivity contribution in [3.63, 3.8) is 0 Å². The number of nitrogens with two attached hydrogens (primary N) is 1. The van der Waals surface area contributed by atoms with Gasteiger partial charge in [-0.15, -0.1) is 0 Å². The van der Waals surface area contributed by atoms with Crippen LogP contribution in [0.4, 0.5) is 5.69 Å². The predicted molar refractivity (Wildman–Crippen MR) is 65.6 cm³/mol. The van der Waals surface area contributed by atoms with E-state index in [1.54, 1.807) is 0 Å². The molecule has 2 amide bonds. The molecule has 8 nitrogen and oxygen atoms in total. The molecule has 0 aromatic heterocycles. The van der Waals surface area contributed by atoms with E-state index in [1.807, 2.05) is 0 Å². The van der Waals surface area contributed by atoms with Gasteiger partial charge in [-0.25, -0.2) is 0 Å². The number of halogens is 1. The summed E-state index contributed by atoms with van der Waals surface area (Å²) in [5.41, 5.74) is 4.09.